The van der Waals surface area contributed by atoms with Gasteiger partial charge in [-0.15, -0.1) is 0 Å². The van der Waals surface area contributed by atoms with E-state index in [1.165, 1.54) is 0 Å². The summed E-state index contributed by atoms with van der Waals surface area (Å²) in [5.74, 6) is -0.142. The first kappa shape index (κ1) is 18.3. The summed E-state index contributed by atoms with van der Waals surface area (Å²) in [5, 5.41) is -2.24. The maximum absolute atomic E-state index is 11.6. The Balaban J connectivity index is 2.76. The van der Waals surface area contributed by atoms with Gasteiger partial charge in [0, 0.05) is 0 Å². The largest absolute Gasteiger partial charge is 0.359 e. The summed E-state index contributed by atoms with van der Waals surface area (Å²) >= 11 is 0. The van der Waals surface area contributed by atoms with E-state index in [2.05, 4.69) is 0 Å². The zero-order chi connectivity index (χ0) is 15.6. The van der Waals surface area contributed by atoms with Gasteiger partial charge in [-0.3, -0.25) is 9.13 Å². The molecule has 0 aromatic rings. The molecule has 1 unspecified atom stereocenters. The average Bonchev–Trinajstić information content (AvgIpc) is 2.27. The molecule has 1 rings (SSSR count). The molecule has 0 radical (unpaired) electrons. The van der Waals surface area contributed by atoms with Crippen LogP contribution < -0.4 is 11.5 Å². The van der Waals surface area contributed by atoms with E-state index in [0.717, 1.165) is 19.3 Å². The molecule has 0 aromatic heterocycles. The normalized spacial score (nSPS) is 20.9. The van der Waals surface area contributed by atoms with Crippen LogP contribution in [-0.4, -0.2) is 30.6 Å². The van der Waals surface area contributed by atoms with Crippen molar-refractivity contribution in [3.8, 4) is 0 Å². The standard InChI is InChI=1S/C10H24N2O6P2/c11-10(12,20(16,17)18)7-6-9(19(13,14)15)8-4-2-1-3-5-8/h8-9H,1-7,11-12H2,(H2,13,14,15)(H2,16,17,18). The molecule has 20 heavy (non-hydrogen) atoms. The Kier molecular flexibility index (Phi) is 5.98. The van der Waals surface area contributed by atoms with Gasteiger partial charge in [-0.05, 0) is 31.6 Å². The van der Waals surface area contributed by atoms with Crippen molar-refractivity contribution in [2.45, 2.75) is 56.0 Å². The highest BCUT2D eigenvalue weighted by Crippen LogP contribution is 2.53. The van der Waals surface area contributed by atoms with Crippen LogP contribution in [0.5, 0.6) is 0 Å². The molecule has 1 aliphatic carbocycles. The van der Waals surface area contributed by atoms with Crippen LogP contribution in [0.4, 0.5) is 0 Å². The third-order valence-corrected chi connectivity index (χ3v) is 6.86. The summed E-state index contributed by atoms with van der Waals surface area (Å²) in [6.07, 6.45) is 3.88. The number of nitrogens with two attached hydrogens (primary N) is 2. The van der Waals surface area contributed by atoms with E-state index in [9.17, 15) is 18.9 Å². The minimum Gasteiger partial charge on any atom is -0.324 e. The molecule has 8 N–H and O–H groups in total. The maximum atomic E-state index is 11.6. The molecule has 0 bridgehead atoms. The van der Waals surface area contributed by atoms with E-state index in [1.807, 2.05) is 0 Å². The highest BCUT2D eigenvalue weighted by molar-refractivity contribution is 7.53. The molecule has 0 aromatic carbocycles. The first-order chi connectivity index (χ1) is 8.95. The molecule has 0 saturated heterocycles. The second kappa shape index (κ2) is 6.55. The van der Waals surface area contributed by atoms with Gasteiger partial charge < -0.3 is 31.0 Å². The molecule has 0 aliphatic heterocycles. The van der Waals surface area contributed by atoms with Crippen LogP contribution in [-0.2, 0) is 9.13 Å². The summed E-state index contributed by atoms with van der Waals surface area (Å²) in [5.41, 5.74) is 9.82. The molecular formula is C10H24N2O6P2. The SMILES string of the molecule is NC(N)(CCC(C1CCCCC1)P(=O)(O)O)P(=O)(O)O. The molecule has 10 heteroatoms. The smallest absolute Gasteiger partial charge is 0.324 e. The van der Waals surface area contributed by atoms with Crippen molar-refractivity contribution in [1.82, 2.24) is 0 Å². The minimum absolute atomic E-state index is 0.0902. The van der Waals surface area contributed by atoms with E-state index in [0.29, 0.717) is 12.8 Å². The van der Waals surface area contributed by atoms with Gasteiger partial charge in [0.15, 0.2) is 5.40 Å². The molecule has 1 fully saturated rings. The first-order valence-electron chi connectivity index (χ1n) is 6.64. The van der Waals surface area contributed by atoms with E-state index in [4.69, 9.17) is 21.3 Å². The minimum atomic E-state index is -4.71. The van der Waals surface area contributed by atoms with Gasteiger partial charge in [0.25, 0.3) is 0 Å². The van der Waals surface area contributed by atoms with Gasteiger partial charge in [-0.1, -0.05) is 19.3 Å². The molecule has 1 atom stereocenters. The lowest BCUT2D eigenvalue weighted by Crippen LogP contribution is -2.49. The van der Waals surface area contributed by atoms with Crippen LogP contribution in [0, 0.1) is 5.92 Å². The Morgan fingerprint density at radius 2 is 1.55 bits per heavy atom. The molecule has 1 aliphatic rings. The predicted octanol–water partition coefficient (Wildman–Crippen LogP) is 0.642. The maximum Gasteiger partial charge on any atom is 0.359 e. The van der Waals surface area contributed by atoms with Gasteiger partial charge in [-0.2, -0.15) is 0 Å². The molecule has 0 amide bonds. The van der Waals surface area contributed by atoms with Gasteiger partial charge in [-0.25, -0.2) is 0 Å². The topological polar surface area (TPSA) is 167 Å². The van der Waals surface area contributed by atoms with Crippen LogP contribution >= 0.6 is 15.2 Å². The van der Waals surface area contributed by atoms with Gasteiger partial charge >= 0.3 is 15.2 Å². The lowest BCUT2D eigenvalue weighted by molar-refractivity contribution is 0.267. The third kappa shape index (κ3) is 4.90. The fourth-order valence-electron chi connectivity index (χ4n) is 2.72. The summed E-state index contributed by atoms with van der Waals surface area (Å²) in [6, 6.07) is 0. The zero-order valence-electron chi connectivity index (χ0n) is 11.3. The fraction of sp³-hybridized carbons (Fsp3) is 1.00. The Bertz CT molecular complexity index is 412. The predicted molar refractivity (Wildman–Crippen MR) is 74.8 cm³/mol. The van der Waals surface area contributed by atoms with Crippen molar-refractivity contribution in [3.05, 3.63) is 0 Å². The Labute approximate surface area is 118 Å². The van der Waals surface area contributed by atoms with Gasteiger partial charge in [0.2, 0.25) is 0 Å². The Morgan fingerprint density at radius 1 is 1.05 bits per heavy atom. The molecule has 0 heterocycles. The van der Waals surface area contributed by atoms with Crippen LogP contribution in [0.25, 0.3) is 0 Å². The second-order valence-electron chi connectivity index (χ2n) is 5.63. The second-order valence-corrected chi connectivity index (χ2v) is 9.39. The van der Waals surface area contributed by atoms with Crippen molar-refractivity contribution in [1.29, 1.82) is 0 Å². The summed E-state index contributed by atoms with van der Waals surface area (Å²) in [6.45, 7) is 0. The zero-order valence-corrected chi connectivity index (χ0v) is 13.0. The third-order valence-electron chi connectivity index (χ3n) is 4.01. The number of hydrogen-bond donors (Lipinski definition) is 6. The van der Waals surface area contributed by atoms with Crippen LogP contribution in [0.3, 0.4) is 0 Å². The van der Waals surface area contributed by atoms with Crippen molar-refractivity contribution in [2.24, 2.45) is 17.4 Å². The van der Waals surface area contributed by atoms with E-state index < -0.39 is 26.3 Å². The highest BCUT2D eigenvalue weighted by atomic mass is 31.2. The summed E-state index contributed by atoms with van der Waals surface area (Å²) in [7, 11) is -9.06. The number of rotatable bonds is 6. The lowest BCUT2D eigenvalue weighted by atomic mass is 9.85. The van der Waals surface area contributed by atoms with Crippen LogP contribution in [0.1, 0.15) is 44.9 Å². The van der Waals surface area contributed by atoms with Crippen molar-refractivity contribution >= 4 is 15.2 Å². The Morgan fingerprint density at radius 3 is 1.95 bits per heavy atom. The summed E-state index contributed by atoms with van der Waals surface area (Å²) in [4.78, 5) is 37.0. The quantitative estimate of drug-likeness (QED) is 0.305. The molecule has 1 saturated carbocycles. The van der Waals surface area contributed by atoms with E-state index in [1.54, 1.807) is 0 Å². The Hall–Kier alpha value is 0.220. The van der Waals surface area contributed by atoms with E-state index in [-0.39, 0.29) is 18.8 Å². The molecule has 120 valence electrons. The first-order valence-corrected chi connectivity index (χ1v) is 9.93. The van der Waals surface area contributed by atoms with Gasteiger partial charge in [0.1, 0.15) is 0 Å². The molecule has 8 nitrogen and oxygen atoms in total. The average molecular weight is 330 g/mol. The number of hydrogen-bond acceptors (Lipinski definition) is 4. The highest BCUT2D eigenvalue weighted by Gasteiger charge is 2.43. The monoisotopic (exact) mass is 330 g/mol. The lowest BCUT2D eigenvalue weighted by Gasteiger charge is -2.33. The van der Waals surface area contributed by atoms with Crippen LogP contribution in [0.15, 0.2) is 0 Å². The van der Waals surface area contributed by atoms with E-state index >= 15 is 0 Å². The summed E-state index contributed by atoms with van der Waals surface area (Å²) < 4.78 is 22.8. The van der Waals surface area contributed by atoms with Crippen molar-refractivity contribution < 1.29 is 28.7 Å². The van der Waals surface area contributed by atoms with Gasteiger partial charge in [0.05, 0.1) is 5.66 Å². The molecule has 0 spiro atoms. The van der Waals surface area contributed by atoms with Crippen molar-refractivity contribution in [2.75, 3.05) is 0 Å². The van der Waals surface area contributed by atoms with Crippen LogP contribution in [0.2, 0.25) is 0 Å². The fourth-order valence-corrected chi connectivity index (χ4v) is 4.46. The molecular weight excluding hydrogens is 306 g/mol. The van der Waals surface area contributed by atoms with Crippen molar-refractivity contribution in [3.63, 3.8) is 0 Å².